The Balaban J connectivity index is 1.99. The molecule has 0 aliphatic carbocycles. The number of carbonyl (C=O) groups is 2. The van der Waals surface area contributed by atoms with Gasteiger partial charge in [-0.1, -0.05) is 48.5 Å². The predicted octanol–water partition coefficient (Wildman–Crippen LogP) is 4.52. The Labute approximate surface area is 189 Å². The molecule has 0 saturated heterocycles. The molecule has 0 radical (unpaired) electrons. The zero-order chi connectivity index (χ0) is 23.5. The van der Waals surface area contributed by atoms with Gasteiger partial charge in [0.15, 0.2) is 11.8 Å². The van der Waals surface area contributed by atoms with Crippen LogP contribution in [0.4, 0.5) is 4.79 Å². The first-order valence-corrected chi connectivity index (χ1v) is 11.6. The van der Waals surface area contributed by atoms with Crippen molar-refractivity contribution in [2.45, 2.75) is 40.3 Å². The Morgan fingerprint density at radius 2 is 1.69 bits per heavy atom. The fourth-order valence-electron chi connectivity index (χ4n) is 2.92. The van der Waals surface area contributed by atoms with Crippen LogP contribution in [-0.2, 0) is 25.4 Å². The maximum atomic E-state index is 13.1. The molecular weight excluding hydrogens is 431 g/mol. The third-order valence-corrected chi connectivity index (χ3v) is 5.99. The number of rotatable bonds is 11. The lowest BCUT2D eigenvalue weighted by Crippen LogP contribution is -2.41. The normalized spacial score (nSPS) is 12.1. The zero-order valence-electron chi connectivity index (χ0n) is 18.9. The highest BCUT2D eigenvalue weighted by atomic mass is 31.1. The number of aryl methyl sites for hydroxylation is 2. The van der Waals surface area contributed by atoms with Crippen molar-refractivity contribution in [2.24, 2.45) is 0 Å². The van der Waals surface area contributed by atoms with E-state index in [1.165, 1.54) is 4.67 Å². The standard InChI is InChI=1S/C23H29N2O6P/c1-5-29-22(26)19(4)25(32(28)31-21-17(2)10-9-11-18(21)3)15-14-24-23(27)30-16-20-12-7-6-8-13-20/h6-13,19H,5,14-16H2,1-4H3/p+1/t19-/m0/s1. The van der Waals surface area contributed by atoms with E-state index in [-0.39, 0.29) is 26.3 Å². The van der Waals surface area contributed by atoms with Crippen LogP contribution >= 0.6 is 8.18 Å². The lowest BCUT2D eigenvalue weighted by atomic mass is 10.1. The number of hydrogen-bond donors (Lipinski definition) is 1. The summed E-state index contributed by atoms with van der Waals surface area (Å²) in [6.45, 7) is 7.55. The number of para-hydroxylation sites is 1. The molecule has 0 aromatic heterocycles. The maximum Gasteiger partial charge on any atom is 0.667 e. The van der Waals surface area contributed by atoms with Gasteiger partial charge in [0.1, 0.15) is 6.61 Å². The van der Waals surface area contributed by atoms with Crippen LogP contribution in [0.25, 0.3) is 0 Å². The molecule has 0 bridgehead atoms. The number of nitrogens with zero attached hydrogens (tertiary/aromatic N) is 1. The van der Waals surface area contributed by atoms with E-state index in [9.17, 15) is 14.2 Å². The largest absolute Gasteiger partial charge is 0.667 e. The van der Waals surface area contributed by atoms with Crippen molar-refractivity contribution >= 4 is 20.2 Å². The zero-order valence-corrected chi connectivity index (χ0v) is 19.8. The number of esters is 1. The Morgan fingerprint density at radius 3 is 2.31 bits per heavy atom. The summed E-state index contributed by atoms with van der Waals surface area (Å²) in [5.74, 6) is -0.0162. The molecule has 1 amide bonds. The molecule has 0 aliphatic rings. The molecule has 2 atom stereocenters. The van der Waals surface area contributed by atoms with Crippen LogP contribution in [-0.4, -0.2) is 42.5 Å². The van der Waals surface area contributed by atoms with Crippen molar-refractivity contribution in [1.29, 1.82) is 0 Å². The van der Waals surface area contributed by atoms with Gasteiger partial charge in [0.25, 0.3) is 0 Å². The number of hydrogen-bond acceptors (Lipinski definition) is 6. The molecular formula is C23H30N2O6P+. The van der Waals surface area contributed by atoms with E-state index in [1.54, 1.807) is 13.8 Å². The van der Waals surface area contributed by atoms with E-state index in [0.717, 1.165) is 16.7 Å². The summed E-state index contributed by atoms with van der Waals surface area (Å²) in [5.41, 5.74) is 2.53. The SMILES string of the molecule is CCOC(=O)[C@H](C)N(CCNC(=O)OCc1ccccc1)[P+](=O)Oc1c(C)cccc1C. The highest BCUT2D eigenvalue weighted by molar-refractivity contribution is 7.36. The Morgan fingerprint density at radius 1 is 1.03 bits per heavy atom. The number of benzene rings is 2. The summed E-state index contributed by atoms with van der Waals surface area (Å²) in [6.07, 6.45) is -0.608. The predicted molar refractivity (Wildman–Crippen MR) is 122 cm³/mol. The first-order chi connectivity index (χ1) is 15.3. The van der Waals surface area contributed by atoms with Gasteiger partial charge in [-0.05, 0) is 49.1 Å². The lowest BCUT2D eigenvalue weighted by molar-refractivity contribution is -0.147. The first kappa shape index (κ1) is 25.3. The van der Waals surface area contributed by atoms with Gasteiger partial charge < -0.3 is 14.8 Å². The minimum atomic E-state index is -2.42. The van der Waals surface area contributed by atoms with Crippen molar-refractivity contribution in [1.82, 2.24) is 9.99 Å². The fraction of sp³-hybridized carbons (Fsp3) is 0.391. The second-order valence-electron chi connectivity index (χ2n) is 7.13. The third-order valence-electron chi connectivity index (χ3n) is 4.69. The van der Waals surface area contributed by atoms with Gasteiger partial charge >= 0.3 is 20.2 Å². The molecule has 2 aromatic carbocycles. The number of amides is 1. The minimum Gasteiger partial charge on any atom is -0.465 e. The summed E-state index contributed by atoms with van der Waals surface area (Å²) in [5, 5.41) is 2.61. The van der Waals surface area contributed by atoms with E-state index in [0.29, 0.717) is 5.75 Å². The van der Waals surface area contributed by atoms with Crippen LogP contribution in [0.3, 0.4) is 0 Å². The second kappa shape index (κ2) is 12.8. The van der Waals surface area contributed by atoms with Gasteiger partial charge in [0, 0.05) is 11.1 Å². The summed E-state index contributed by atoms with van der Waals surface area (Å²) in [7, 11) is -2.42. The molecule has 0 saturated carbocycles. The number of nitrogens with one attached hydrogen (secondary N) is 1. The van der Waals surface area contributed by atoms with Crippen molar-refractivity contribution in [3.8, 4) is 5.75 Å². The quantitative estimate of drug-likeness (QED) is 0.388. The van der Waals surface area contributed by atoms with Gasteiger partial charge in [0.05, 0.1) is 13.2 Å². The first-order valence-electron chi connectivity index (χ1n) is 10.4. The lowest BCUT2D eigenvalue weighted by Gasteiger charge is -2.17. The Kier molecular flexibility index (Phi) is 10.1. The number of ether oxygens (including phenoxy) is 2. The van der Waals surface area contributed by atoms with Crippen molar-refractivity contribution in [3.63, 3.8) is 0 Å². The second-order valence-corrected chi connectivity index (χ2v) is 8.30. The molecule has 0 spiro atoms. The van der Waals surface area contributed by atoms with Crippen LogP contribution in [0.15, 0.2) is 48.5 Å². The summed E-state index contributed by atoms with van der Waals surface area (Å²) < 4.78 is 30.4. The maximum absolute atomic E-state index is 13.1. The molecule has 1 unspecified atom stereocenters. The van der Waals surface area contributed by atoms with Gasteiger partial charge in [-0.15, -0.1) is 0 Å². The van der Waals surface area contributed by atoms with Crippen molar-refractivity contribution in [2.75, 3.05) is 19.7 Å². The molecule has 0 fully saturated rings. The van der Waals surface area contributed by atoms with Crippen LogP contribution in [0.5, 0.6) is 5.75 Å². The van der Waals surface area contributed by atoms with Gasteiger partial charge in [-0.2, -0.15) is 0 Å². The number of alkyl carbamates (subject to hydrolysis) is 1. The minimum absolute atomic E-state index is 0.0978. The van der Waals surface area contributed by atoms with Crippen LogP contribution in [0.1, 0.15) is 30.5 Å². The monoisotopic (exact) mass is 461 g/mol. The summed E-state index contributed by atoms with van der Waals surface area (Å²) in [4.78, 5) is 24.3. The average Bonchev–Trinajstić information content (AvgIpc) is 2.78. The molecule has 1 N–H and O–H groups in total. The van der Waals surface area contributed by atoms with Crippen molar-refractivity contribution < 1.29 is 28.2 Å². The van der Waals surface area contributed by atoms with E-state index in [2.05, 4.69) is 5.32 Å². The molecule has 2 rings (SSSR count). The van der Waals surface area contributed by atoms with E-state index in [4.69, 9.17) is 14.0 Å². The average molecular weight is 461 g/mol. The Hall–Kier alpha value is -2.96. The van der Waals surface area contributed by atoms with Gasteiger partial charge in [-0.3, -0.25) is 4.79 Å². The highest BCUT2D eigenvalue weighted by Gasteiger charge is 2.41. The van der Waals surface area contributed by atoms with E-state index >= 15 is 0 Å². The van der Waals surface area contributed by atoms with Crippen LogP contribution in [0, 0.1) is 13.8 Å². The smallest absolute Gasteiger partial charge is 0.465 e. The summed E-state index contributed by atoms with van der Waals surface area (Å²) >= 11 is 0. The van der Waals surface area contributed by atoms with Crippen LogP contribution < -0.4 is 9.84 Å². The fourth-order valence-corrected chi connectivity index (χ4v) is 4.11. The third kappa shape index (κ3) is 7.62. The molecule has 9 heteroatoms. The summed E-state index contributed by atoms with van der Waals surface area (Å²) in [6, 6.07) is 14.1. The molecule has 172 valence electrons. The molecule has 2 aromatic rings. The molecule has 8 nitrogen and oxygen atoms in total. The van der Waals surface area contributed by atoms with Crippen molar-refractivity contribution in [3.05, 3.63) is 65.2 Å². The van der Waals surface area contributed by atoms with Gasteiger partial charge in [0.2, 0.25) is 0 Å². The molecule has 32 heavy (non-hydrogen) atoms. The van der Waals surface area contributed by atoms with E-state index in [1.807, 2.05) is 62.4 Å². The number of carbonyl (C=O) groups excluding carboxylic acids is 2. The highest BCUT2D eigenvalue weighted by Crippen LogP contribution is 2.36. The van der Waals surface area contributed by atoms with E-state index < -0.39 is 26.3 Å². The van der Waals surface area contributed by atoms with Gasteiger partial charge in [-0.25, -0.2) is 9.32 Å². The Bertz CT molecular complexity index is 902. The molecule has 0 heterocycles. The topological polar surface area (TPSA) is 94.2 Å². The van der Waals surface area contributed by atoms with Crippen LogP contribution in [0.2, 0.25) is 0 Å². The molecule has 0 aliphatic heterocycles.